The number of benzene rings is 3. The van der Waals surface area contributed by atoms with E-state index in [1.807, 2.05) is 35.2 Å². The summed E-state index contributed by atoms with van der Waals surface area (Å²) in [6.45, 7) is 1.27. The highest BCUT2D eigenvalue weighted by atomic mass is 32.1. The molecule has 0 bridgehead atoms. The third-order valence-corrected chi connectivity index (χ3v) is 7.51. The molecule has 3 aromatic carbocycles. The summed E-state index contributed by atoms with van der Waals surface area (Å²) < 4.78 is 29.4. The lowest BCUT2D eigenvalue weighted by molar-refractivity contribution is -0.131. The predicted octanol–water partition coefficient (Wildman–Crippen LogP) is 5.57. The van der Waals surface area contributed by atoms with Crippen LogP contribution in [0.25, 0.3) is 21.2 Å². The number of fused-ring (bicyclic) bond motifs is 2. The van der Waals surface area contributed by atoms with Gasteiger partial charge >= 0.3 is 0 Å². The van der Waals surface area contributed by atoms with Crippen LogP contribution in [0.5, 0.6) is 28.7 Å². The van der Waals surface area contributed by atoms with Crippen LogP contribution in [0.2, 0.25) is 0 Å². The Labute approximate surface area is 220 Å². The zero-order chi connectivity index (χ0) is 25.9. The number of hydrogen-bond donors (Lipinski definition) is 0. The molecule has 37 heavy (non-hydrogen) atoms. The fourth-order valence-electron chi connectivity index (χ4n) is 4.73. The average molecular weight is 520 g/mol. The Morgan fingerprint density at radius 1 is 0.946 bits per heavy atom. The molecule has 0 aliphatic carbocycles. The Bertz CT molecular complexity index is 1420. The molecule has 1 aromatic heterocycles. The zero-order valence-electron chi connectivity index (χ0n) is 21.3. The van der Waals surface area contributed by atoms with Crippen LogP contribution in [0.3, 0.4) is 0 Å². The Hall–Kier alpha value is -3.91. The van der Waals surface area contributed by atoms with Crippen LogP contribution in [0.1, 0.15) is 11.1 Å². The highest BCUT2D eigenvalue weighted by Gasteiger charge is 2.25. The minimum Gasteiger partial charge on any atom is -0.493 e. The van der Waals surface area contributed by atoms with E-state index in [2.05, 4.69) is 23.6 Å². The van der Waals surface area contributed by atoms with E-state index in [1.54, 1.807) is 39.8 Å². The van der Waals surface area contributed by atoms with E-state index in [0.29, 0.717) is 48.4 Å². The molecule has 5 rings (SSSR count). The summed E-state index contributed by atoms with van der Waals surface area (Å²) in [5.41, 5.74) is 3.87. The van der Waals surface area contributed by atoms with Crippen molar-refractivity contribution in [2.75, 3.05) is 41.6 Å². The molecule has 0 spiro atoms. The molecule has 0 saturated carbocycles. The van der Waals surface area contributed by atoms with Gasteiger partial charge in [-0.2, -0.15) is 0 Å². The second kappa shape index (κ2) is 10.6. The number of ether oxygens (including phenoxy) is 5. The molecule has 8 heteroatoms. The number of nitrogens with zero attached hydrogens (tertiary/aromatic N) is 1. The summed E-state index contributed by atoms with van der Waals surface area (Å²) >= 11 is 1.71. The molecular formula is C29H29NO6S. The van der Waals surface area contributed by atoms with Gasteiger partial charge in [0.15, 0.2) is 23.0 Å². The molecule has 0 radical (unpaired) electrons. The third kappa shape index (κ3) is 4.76. The van der Waals surface area contributed by atoms with Crippen molar-refractivity contribution in [1.29, 1.82) is 0 Å². The fourth-order valence-corrected chi connectivity index (χ4v) is 5.70. The summed E-state index contributed by atoms with van der Waals surface area (Å²) in [6.07, 6.45) is 0.193. The summed E-state index contributed by atoms with van der Waals surface area (Å²) in [4.78, 5) is 15.3. The maximum Gasteiger partial charge on any atom is 0.227 e. The van der Waals surface area contributed by atoms with E-state index >= 15 is 0 Å². The van der Waals surface area contributed by atoms with Crippen molar-refractivity contribution < 1.29 is 28.5 Å². The quantitative estimate of drug-likeness (QED) is 0.318. The second-order valence-electron chi connectivity index (χ2n) is 8.69. The maximum absolute atomic E-state index is 13.5. The van der Waals surface area contributed by atoms with Crippen LogP contribution in [0.4, 0.5) is 0 Å². The molecular weight excluding hydrogens is 490 g/mol. The SMILES string of the molecule is COc1cc(-c2csc3ccccc23)cc2c1OCCN(C(=O)Cc1cc(OC)c(OC)c(OC)c1)C2. The Morgan fingerprint density at radius 2 is 1.68 bits per heavy atom. The number of thiophene rings is 1. The topological polar surface area (TPSA) is 66.5 Å². The largest absolute Gasteiger partial charge is 0.493 e. The summed E-state index contributed by atoms with van der Waals surface area (Å²) in [7, 11) is 6.33. The van der Waals surface area contributed by atoms with Gasteiger partial charge in [0.05, 0.1) is 41.4 Å². The first-order valence-electron chi connectivity index (χ1n) is 11.9. The van der Waals surface area contributed by atoms with Gasteiger partial charge in [-0.25, -0.2) is 0 Å². The van der Waals surface area contributed by atoms with E-state index in [4.69, 9.17) is 23.7 Å². The van der Waals surface area contributed by atoms with Gasteiger partial charge < -0.3 is 28.6 Å². The van der Waals surface area contributed by atoms with E-state index in [-0.39, 0.29) is 12.3 Å². The van der Waals surface area contributed by atoms with E-state index in [9.17, 15) is 4.79 Å². The number of hydrogen-bond acceptors (Lipinski definition) is 7. The Morgan fingerprint density at radius 3 is 2.38 bits per heavy atom. The van der Waals surface area contributed by atoms with Crippen molar-refractivity contribution in [2.45, 2.75) is 13.0 Å². The lowest BCUT2D eigenvalue weighted by Crippen LogP contribution is -2.33. The van der Waals surface area contributed by atoms with E-state index in [1.165, 1.54) is 10.1 Å². The molecule has 4 aromatic rings. The van der Waals surface area contributed by atoms with Crippen LogP contribution in [-0.2, 0) is 17.8 Å². The first-order chi connectivity index (χ1) is 18.1. The molecule has 1 aliphatic rings. The minimum absolute atomic E-state index is 0.0175. The highest BCUT2D eigenvalue weighted by Crippen LogP contribution is 2.42. The van der Waals surface area contributed by atoms with Gasteiger partial charge in [-0.3, -0.25) is 4.79 Å². The summed E-state index contributed by atoms with van der Waals surface area (Å²) in [6, 6.07) is 16.1. The Balaban J connectivity index is 1.45. The highest BCUT2D eigenvalue weighted by molar-refractivity contribution is 7.17. The van der Waals surface area contributed by atoms with E-state index in [0.717, 1.165) is 22.3 Å². The van der Waals surface area contributed by atoms with Gasteiger partial charge in [-0.05, 0) is 46.8 Å². The van der Waals surface area contributed by atoms with Crippen molar-refractivity contribution in [2.24, 2.45) is 0 Å². The van der Waals surface area contributed by atoms with Crippen molar-refractivity contribution in [1.82, 2.24) is 4.90 Å². The predicted molar refractivity (Wildman–Crippen MR) is 145 cm³/mol. The smallest absolute Gasteiger partial charge is 0.227 e. The number of carbonyl (C=O) groups excluding carboxylic acids is 1. The molecule has 1 aliphatic heterocycles. The van der Waals surface area contributed by atoms with Gasteiger partial charge in [-0.15, -0.1) is 11.3 Å². The van der Waals surface area contributed by atoms with Crippen LogP contribution in [0.15, 0.2) is 53.9 Å². The van der Waals surface area contributed by atoms with Crippen molar-refractivity contribution in [3.8, 4) is 39.9 Å². The lowest BCUT2D eigenvalue weighted by atomic mass is 10.0. The van der Waals surface area contributed by atoms with Crippen molar-refractivity contribution >= 4 is 27.3 Å². The monoisotopic (exact) mass is 519 g/mol. The van der Waals surface area contributed by atoms with Gasteiger partial charge in [0.25, 0.3) is 0 Å². The van der Waals surface area contributed by atoms with Crippen LogP contribution in [-0.4, -0.2) is 52.4 Å². The maximum atomic E-state index is 13.5. The normalized spacial score (nSPS) is 12.9. The van der Waals surface area contributed by atoms with Crippen molar-refractivity contribution in [3.05, 3.63) is 65.0 Å². The second-order valence-corrected chi connectivity index (χ2v) is 9.60. The lowest BCUT2D eigenvalue weighted by Gasteiger charge is -2.21. The van der Waals surface area contributed by atoms with Crippen LogP contribution < -0.4 is 23.7 Å². The van der Waals surface area contributed by atoms with E-state index < -0.39 is 0 Å². The molecule has 0 atom stereocenters. The standard InChI is InChI=1S/C29H29NO6S/c1-32-23-11-18(12-24(33-2)29(23)35-4)13-27(31)30-9-10-36-28-20(16-30)14-19(15-25(28)34-3)22-17-37-26-8-6-5-7-21(22)26/h5-8,11-12,14-15,17H,9-10,13,16H2,1-4H3. The summed E-state index contributed by atoms with van der Waals surface area (Å²) in [5.74, 6) is 2.88. The fraction of sp³-hybridized carbons (Fsp3) is 0.276. The molecule has 0 fully saturated rings. The average Bonchev–Trinajstić information content (AvgIpc) is 3.24. The molecule has 0 saturated heterocycles. The number of amides is 1. The number of rotatable bonds is 7. The van der Waals surface area contributed by atoms with Gasteiger partial charge in [-0.1, -0.05) is 18.2 Å². The first kappa shape index (κ1) is 24.8. The first-order valence-corrected chi connectivity index (χ1v) is 12.8. The van der Waals surface area contributed by atoms with Gasteiger partial charge in [0.2, 0.25) is 11.7 Å². The zero-order valence-corrected chi connectivity index (χ0v) is 22.1. The third-order valence-electron chi connectivity index (χ3n) is 6.55. The van der Waals surface area contributed by atoms with Crippen LogP contribution >= 0.6 is 11.3 Å². The Kier molecular flexibility index (Phi) is 7.10. The molecule has 2 heterocycles. The van der Waals surface area contributed by atoms with Crippen molar-refractivity contribution in [3.63, 3.8) is 0 Å². The van der Waals surface area contributed by atoms with Gasteiger partial charge in [0, 0.05) is 27.8 Å². The molecule has 0 N–H and O–H groups in total. The molecule has 7 nitrogen and oxygen atoms in total. The summed E-state index contributed by atoms with van der Waals surface area (Å²) in [5, 5.41) is 3.36. The number of methoxy groups -OCH3 is 4. The molecule has 0 unspecified atom stereocenters. The molecule has 192 valence electrons. The molecule has 1 amide bonds. The number of carbonyl (C=O) groups is 1. The minimum atomic E-state index is -0.0175. The van der Waals surface area contributed by atoms with Gasteiger partial charge in [0.1, 0.15) is 6.61 Å². The van der Waals surface area contributed by atoms with Crippen LogP contribution in [0, 0.1) is 0 Å².